The highest BCUT2D eigenvalue weighted by atomic mass is 19.1. The Morgan fingerprint density at radius 2 is 2.04 bits per heavy atom. The average Bonchev–Trinajstić information content (AvgIpc) is 3.29. The molecule has 0 bridgehead atoms. The zero-order valence-corrected chi connectivity index (χ0v) is 12.6. The molecule has 1 aliphatic carbocycles. The molecule has 0 aromatic carbocycles. The van der Waals surface area contributed by atoms with E-state index in [4.69, 9.17) is 0 Å². The molecule has 8 heteroatoms. The van der Waals surface area contributed by atoms with Crippen LogP contribution in [-0.2, 0) is 10.2 Å². The number of amides is 1. The Bertz CT molecular complexity index is 890. The van der Waals surface area contributed by atoms with Gasteiger partial charge in [-0.25, -0.2) is 19.0 Å². The van der Waals surface area contributed by atoms with E-state index in [1.807, 2.05) is 0 Å². The molecule has 1 saturated carbocycles. The molecule has 1 fully saturated rings. The second kappa shape index (κ2) is 5.48. The van der Waals surface area contributed by atoms with Crippen LogP contribution in [0.4, 0.5) is 10.2 Å². The predicted molar refractivity (Wildman–Crippen MR) is 82.9 cm³/mol. The van der Waals surface area contributed by atoms with Crippen molar-refractivity contribution < 1.29 is 9.18 Å². The molecule has 1 N–H and O–H groups in total. The van der Waals surface area contributed by atoms with E-state index in [-0.39, 0.29) is 11.6 Å². The number of anilines is 1. The van der Waals surface area contributed by atoms with Gasteiger partial charge in [-0.05, 0) is 25.0 Å². The standard InChI is InChI=1S/C16H13FN6O/c17-12-2-1-6-20-14(12)16(4-5-16)15(24)21-13-3-7-23(22-13)11-8-18-10-19-9-11/h1-3,6-10H,4-5H2,(H,21,22,24). The third-order valence-corrected chi connectivity index (χ3v) is 4.04. The Balaban J connectivity index is 1.55. The number of hydrogen-bond donors (Lipinski definition) is 1. The van der Waals surface area contributed by atoms with Gasteiger partial charge in [0.15, 0.2) is 5.82 Å². The summed E-state index contributed by atoms with van der Waals surface area (Å²) in [6.45, 7) is 0. The van der Waals surface area contributed by atoms with Gasteiger partial charge in [-0.1, -0.05) is 0 Å². The van der Waals surface area contributed by atoms with E-state index in [9.17, 15) is 9.18 Å². The highest BCUT2D eigenvalue weighted by Gasteiger charge is 2.54. The Morgan fingerprint density at radius 1 is 1.25 bits per heavy atom. The minimum atomic E-state index is -0.898. The molecule has 3 heterocycles. The van der Waals surface area contributed by atoms with Gasteiger partial charge in [-0.2, -0.15) is 0 Å². The molecule has 24 heavy (non-hydrogen) atoms. The topological polar surface area (TPSA) is 85.6 Å². The lowest BCUT2D eigenvalue weighted by atomic mass is 10.00. The molecule has 0 atom stereocenters. The summed E-state index contributed by atoms with van der Waals surface area (Å²) in [6.07, 6.45) is 8.97. The van der Waals surface area contributed by atoms with Gasteiger partial charge in [0.1, 0.15) is 17.8 Å². The van der Waals surface area contributed by atoms with Gasteiger partial charge in [0.25, 0.3) is 0 Å². The van der Waals surface area contributed by atoms with Gasteiger partial charge in [0, 0.05) is 18.5 Å². The van der Waals surface area contributed by atoms with Crippen LogP contribution in [0, 0.1) is 5.82 Å². The Labute approximate surface area is 136 Å². The summed E-state index contributed by atoms with van der Waals surface area (Å²) in [7, 11) is 0. The van der Waals surface area contributed by atoms with Crippen LogP contribution in [0.3, 0.4) is 0 Å². The quantitative estimate of drug-likeness (QED) is 0.792. The Kier molecular flexibility index (Phi) is 3.30. The third-order valence-electron chi connectivity index (χ3n) is 4.04. The molecule has 1 amide bonds. The largest absolute Gasteiger partial charge is 0.308 e. The van der Waals surface area contributed by atoms with Crippen molar-refractivity contribution in [3.63, 3.8) is 0 Å². The maximum atomic E-state index is 14.0. The number of nitrogens with zero attached hydrogens (tertiary/aromatic N) is 5. The number of carbonyl (C=O) groups is 1. The van der Waals surface area contributed by atoms with Gasteiger partial charge in [0.2, 0.25) is 5.91 Å². The maximum Gasteiger partial charge on any atom is 0.237 e. The summed E-state index contributed by atoms with van der Waals surface area (Å²) < 4.78 is 15.5. The zero-order valence-electron chi connectivity index (χ0n) is 12.6. The molecule has 3 aromatic heterocycles. The average molecular weight is 324 g/mol. The first-order valence-corrected chi connectivity index (χ1v) is 7.42. The van der Waals surface area contributed by atoms with Crippen molar-refractivity contribution in [2.45, 2.75) is 18.3 Å². The number of aromatic nitrogens is 5. The molecule has 120 valence electrons. The van der Waals surface area contributed by atoms with Crippen LogP contribution in [-0.4, -0.2) is 30.6 Å². The lowest BCUT2D eigenvalue weighted by Gasteiger charge is -2.14. The number of hydrogen-bond acceptors (Lipinski definition) is 5. The summed E-state index contributed by atoms with van der Waals surface area (Å²) >= 11 is 0. The van der Waals surface area contributed by atoms with Crippen LogP contribution in [0.25, 0.3) is 5.69 Å². The lowest BCUT2D eigenvalue weighted by molar-refractivity contribution is -0.118. The smallest absolute Gasteiger partial charge is 0.237 e. The normalized spacial score (nSPS) is 15.0. The summed E-state index contributed by atoms with van der Waals surface area (Å²) in [6, 6.07) is 4.49. The minimum Gasteiger partial charge on any atom is -0.308 e. The molecule has 1 aliphatic rings. The summed E-state index contributed by atoms with van der Waals surface area (Å²) in [5.74, 6) is -0.377. The highest BCUT2D eigenvalue weighted by Crippen LogP contribution is 2.48. The van der Waals surface area contributed by atoms with Crippen molar-refractivity contribution in [2.24, 2.45) is 0 Å². The predicted octanol–water partition coefficient (Wildman–Crippen LogP) is 1.87. The Morgan fingerprint density at radius 3 is 2.75 bits per heavy atom. The van der Waals surface area contributed by atoms with Gasteiger partial charge in [0.05, 0.1) is 23.5 Å². The Hall–Kier alpha value is -3.16. The van der Waals surface area contributed by atoms with Crippen molar-refractivity contribution >= 4 is 11.7 Å². The molecular weight excluding hydrogens is 311 g/mol. The van der Waals surface area contributed by atoms with Crippen LogP contribution < -0.4 is 5.32 Å². The van der Waals surface area contributed by atoms with Crippen LogP contribution >= 0.6 is 0 Å². The van der Waals surface area contributed by atoms with Crippen molar-refractivity contribution in [3.8, 4) is 5.69 Å². The SMILES string of the molecule is O=C(Nc1ccn(-c2cncnc2)n1)C1(c2ncccc2F)CC1. The van der Waals surface area contributed by atoms with Crippen molar-refractivity contribution in [3.05, 3.63) is 60.8 Å². The van der Waals surface area contributed by atoms with E-state index in [0.717, 1.165) is 0 Å². The second-order valence-corrected chi connectivity index (χ2v) is 5.61. The van der Waals surface area contributed by atoms with Gasteiger partial charge < -0.3 is 5.32 Å². The first-order valence-electron chi connectivity index (χ1n) is 7.42. The molecule has 4 rings (SSSR count). The third kappa shape index (κ3) is 2.41. The zero-order chi connectivity index (χ0) is 16.6. The number of nitrogens with one attached hydrogen (secondary N) is 1. The molecule has 0 unspecified atom stereocenters. The molecule has 3 aromatic rings. The molecule has 7 nitrogen and oxygen atoms in total. The van der Waals surface area contributed by atoms with Crippen molar-refractivity contribution in [1.29, 1.82) is 0 Å². The van der Waals surface area contributed by atoms with Gasteiger partial charge >= 0.3 is 0 Å². The van der Waals surface area contributed by atoms with Crippen molar-refractivity contribution in [2.75, 3.05) is 5.32 Å². The molecule has 0 aliphatic heterocycles. The number of rotatable bonds is 4. The van der Waals surface area contributed by atoms with E-state index in [2.05, 4.69) is 25.4 Å². The number of halogens is 1. The fourth-order valence-electron chi connectivity index (χ4n) is 2.61. The van der Waals surface area contributed by atoms with E-state index in [0.29, 0.717) is 24.3 Å². The van der Waals surface area contributed by atoms with Crippen molar-refractivity contribution in [1.82, 2.24) is 24.7 Å². The first-order chi connectivity index (χ1) is 11.7. The van der Waals surface area contributed by atoms with E-state index in [1.165, 1.54) is 24.7 Å². The fraction of sp³-hybridized carbons (Fsp3) is 0.188. The molecule has 0 spiro atoms. The molecule has 0 radical (unpaired) electrons. The van der Waals surface area contributed by atoms with Crippen LogP contribution in [0.1, 0.15) is 18.5 Å². The number of pyridine rings is 1. The first kappa shape index (κ1) is 14.4. The maximum absolute atomic E-state index is 14.0. The fourth-order valence-corrected chi connectivity index (χ4v) is 2.61. The van der Waals surface area contributed by atoms with Crippen LogP contribution in [0.5, 0.6) is 0 Å². The lowest BCUT2D eigenvalue weighted by Crippen LogP contribution is -2.29. The summed E-state index contributed by atoms with van der Waals surface area (Å²) in [5, 5.41) is 7.01. The van der Waals surface area contributed by atoms with Gasteiger partial charge in [-0.3, -0.25) is 9.78 Å². The molecule has 0 saturated heterocycles. The molecular formula is C16H13FN6O. The summed E-state index contributed by atoms with van der Waals surface area (Å²) in [4.78, 5) is 24.5. The van der Waals surface area contributed by atoms with E-state index >= 15 is 0 Å². The van der Waals surface area contributed by atoms with E-state index < -0.39 is 11.2 Å². The van der Waals surface area contributed by atoms with Crippen LogP contribution in [0.15, 0.2) is 49.3 Å². The monoisotopic (exact) mass is 324 g/mol. The highest BCUT2D eigenvalue weighted by molar-refractivity contribution is 6.00. The minimum absolute atomic E-state index is 0.193. The summed E-state index contributed by atoms with van der Waals surface area (Å²) in [5.41, 5.74) is -0.0290. The second-order valence-electron chi connectivity index (χ2n) is 5.61. The van der Waals surface area contributed by atoms with E-state index in [1.54, 1.807) is 29.3 Å². The van der Waals surface area contributed by atoms with Gasteiger partial charge in [-0.15, -0.1) is 5.10 Å². The number of carbonyl (C=O) groups excluding carboxylic acids is 1. The van der Waals surface area contributed by atoms with Crippen LogP contribution in [0.2, 0.25) is 0 Å².